The first kappa shape index (κ1) is 20.4. The molecule has 1 aliphatic heterocycles. The molecule has 31 heavy (non-hydrogen) atoms. The van der Waals surface area contributed by atoms with Crippen LogP contribution in [0, 0.1) is 5.41 Å². The van der Waals surface area contributed by atoms with Crippen LogP contribution in [0.25, 0.3) is 17.1 Å². The van der Waals surface area contributed by atoms with Gasteiger partial charge in [0.25, 0.3) is 5.56 Å². The van der Waals surface area contributed by atoms with Gasteiger partial charge < -0.3 is 21.0 Å². The van der Waals surface area contributed by atoms with Crippen LogP contribution < -0.4 is 16.2 Å². The molecule has 0 saturated heterocycles. The summed E-state index contributed by atoms with van der Waals surface area (Å²) < 4.78 is 40.5. The molecule has 158 valence electrons. The van der Waals surface area contributed by atoms with Crippen molar-refractivity contribution in [1.82, 2.24) is 9.97 Å². The molecule has 0 fully saturated rings. The maximum absolute atomic E-state index is 13.5. The Morgan fingerprint density at radius 3 is 2.48 bits per heavy atom. The summed E-state index contributed by atoms with van der Waals surface area (Å²) in [5.41, 5.74) is 1.38. The molecule has 0 aliphatic carbocycles. The lowest BCUT2D eigenvalue weighted by molar-refractivity contribution is -0.137. The Labute approximate surface area is 175 Å². The molecule has 2 aromatic carbocycles. The minimum atomic E-state index is -4.62. The fourth-order valence-electron chi connectivity index (χ4n) is 3.47. The van der Waals surface area contributed by atoms with Crippen LogP contribution in [0.2, 0.25) is 0 Å². The summed E-state index contributed by atoms with van der Waals surface area (Å²) in [5.74, 6) is -0.219. The topological polar surface area (TPSA) is 93.7 Å². The lowest BCUT2D eigenvalue weighted by Gasteiger charge is -2.24. The lowest BCUT2D eigenvalue weighted by Crippen LogP contribution is -2.22. The van der Waals surface area contributed by atoms with Crippen molar-refractivity contribution in [2.45, 2.75) is 13.1 Å². The molecule has 3 aromatic rings. The molecule has 6 nitrogen and oxygen atoms in total. The SMILES string of the molecule is CC1=C(Nc2nc(-c3ccccc3C(F)(F)F)[nH]c(=O)c2C=N)c2ccccc2NC1. The second-order valence-electron chi connectivity index (χ2n) is 7.04. The smallest absolute Gasteiger partial charge is 0.381 e. The highest BCUT2D eigenvalue weighted by molar-refractivity contribution is 5.92. The third-order valence-corrected chi connectivity index (χ3v) is 5.00. The van der Waals surface area contributed by atoms with Crippen LogP contribution in [-0.4, -0.2) is 22.7 Å². The Morgan fingerprint density at radius 2 is 1.77 bits per heavy atom. The van der Waals surface area contributed by atoms with E-state index in [2.05, 4.69) is 20.6 Å². The number of benzene rings is 2. The molecule has 4 N–H and O–H groups in total. The predicted molar refractivity (Wildman–Crippen MR) is 114 cm³/mol. The third-order valence-electron chi connectivity index (χ3n) is 5.00. The van der Waals surface area contributed by atoms with Gasteiger partial charge in [-0.25, -0.2) is 4.98 Å². The van der Waals surface area contributed by atoms with Crippen LogP contribution in [0.15, 0.2) is 58.9 Å². The molecule has 9 heteroatoms. The summed E-state index contributed by atoms with van der Waals surface area (Å²) >= 11 is 0. The Kier molecular flexibility index (Phi) is 5.10. The monoisotopic (exact) mass is 425 g/mol. The molecule has 0 unspecified atom stereocenters. The van der Waals surface area contributed by atoms with E-state index in [1.165, 1.54) is 18.2 Å². The van der Waals surface area contributed by atoms with Gasteiger partial charge in [0.15, 0.2) is 0 Å². The average molecular weight is 425 g/mol. The number of anilines is 2. The van der Waals surface area contributed by atoms with Crippen LogP contribution in [0.3, 0.4) is 0 Å². The lowest BCUT2D eigenvalue weighted by atomic mass is 10.0. The Balaban J connectivity index is 1.87. The van der Waals surface area contributed by atoms with Crippen molar-refractivity contribution in [3.63, 3.8) is 0 Å². The first-order valence-electron chi connectivity index (χ1n) is 9.41. The summed E-state index contributed by atoms with van der Waals surface area (Å²) in [4.78, 5) is 19.3. The molecule has 1 aromatic heterocycles. The van der Waals surface area contributed by atoms with E-state index in [4.69, 9.17) is 5.41 Å². The number of H-pyrrole nitrogens is 1. The number of para-hydroxylation sites is 1. The number of alkyl halides is 3. The molecular formula is C22H18F3N5O. The number of rotatable bonds is 4. The molecule has 0 spiro atoms. The van der Waals surface area contributed by atoms with Gasteiger partial charge in [0.2, 0.25) is 0 Å². The Bertz CT molecular complexity index is 1260. The van der Waals surface area contributed by atoms with Crippen molar-refractivity contribution < 1.29 is 13.2 Å². The van der Waals surface area contributed by atoms with Crippen LogP contribution in [0.1, 0.15) is 23.6 Å². The zero-order chi connectivity index (χ0) is 22.2. The molecule has 0 amide bonds. The fourth-order valence-corrected chi connectivity index (χ4v) is 3.47. The highest BCUT2D eigenvalue weighted by Crippen LogP contribution is 2.36. The summed E-state index contributed by atoms with van der Waals surface area (Å²) in [6.07, 6.45) is -3.79. The minimum absolute atomic E-state index is 0.0109. The zero-order valence-corrected chi connectivity index (χ0v) is 16.4. The number of hydrogen-bond acceptors (Lipinski definition) is 5. The number of nitrogens with zero attached hydrogens (tertiary/aromatic N) is 1. The molecule has 1 aliphatic rings. The third kappa shape index (κ3) is 3.81. The molecule has 4 rings (SSSR count). The average Bonchev–Trinajstić information content (AvgIpc) is 2.75. The molecule has 0 bridgehead atoms. The molecular weight excluding hydrogens is 407 g/mol. The normalized spacial score (nSPS) is 13.4. The first-order valence-corrected chi connectivity index (χ1v) is 9.41. The molecule has 2 heterocycles. The summed E-state index contributed by atoms with van der Waals surface area (Å²) in [7, 11) is 0. The standard InChI is InChI=1S/C22H18F3N5O/c1-12-11-27-17-9-5-3-7-14(17)18(12)28-20-15(10-26)21(31)30-19(29-20)13-6-2-4-8-16(13)22(23,24)25/h2-10,26-27H,11H2,1H3,(H2,28,29,30,31). The van der Waals surface area contributed by atoms with E-state index in [9.17, 15) is 18.0 Å². The van der Waals surface area contributed by atoms with Crippen LogP contribution in [0.5, 0.6) is 0 Å². The van der Waals surface area contributed by atoms with Crippen LogP contribution in [-0.2, 0) is 6.18 Å². The summed E-state index contributed by atoms with van der Waals surface area (Å²) in [6.45, 7) is 2.44. The van der Waals surface area contributed by atoms with E-state index in [-0.39, 0.29) is 22.8 Å². The Morgan fingerprint density at radius 1 is 1.10 bits per heavy atom. The second kappa shape index (κ2) is 7.75. The predicted octanol–water partition coefficient (Wildman–Crippen LogP) is 4.72. The largest absolute Gasteiger partial charge is 0.417 e. The van der Waals surface area contributed by atoms with Crippen molar-refractivity contribution >= 4 is 23.4 Å². The maximum atomic E-state index is 13.5. The number of aromatic nitrogens is 2. The highest BCUT2D eigenvalue weighted by atomic mass is 19.4. The number of fused-ring (bicyclic) bond motifs is 1. The van der Waals surface area contributed by atoms with Gasteiger partial charge in [-0.3, -0.25) is 4.79 Å². The van der Waals surface area contributed by atoms with Crippen LogP contribution in [0.4, 0.5) is 24.7 Å². The van der Waals surface area contributed by atoms with E-state index in [1.54, 1.807) is 0 Å². The van der Waals surface area contributed by atoms with Crippen molar-refractivity contribution in [3.8, 4) is 11.4 Å². The van der Waals surface area contributed by atoms with Gasteiger partial charge in [-0.05, 0) is 24.6 Å². The van der Waals surface area contributed by atoms with Crippen molar-refractivity contribution in [1.29, 1.82) is 5.41 Å². The second-order valence-corrected chi connectivity index (χ2v) is 7.04. The maximum Gasteiger partial charge on any atom is 0.417 e. The van der Waals surface area contributed by atoms with Gasteiger partial charge in [0, 0.05) is 35.3 Å². The van der Waals surface area contributed by atoms with Gasteiger partial charge in [-0.2, -0.15) is 13.2 Å². The van der Waals surface area contributed by atoms with Gasteiger partial charge in [0.05, 0.1) is 5.56 Å². The zero-order valence-electron chi connectivity index (χ0n) is 16.4. The molecule has 0 atom stereocenters. The van der Waals surface area contributed by atoms with Crippen LogP contribution >= 0.6 is 0 Å². The number of aromatic amines is 1. The van der Waals surface area contributed by atoms with Crippen molar-refractivity contribution in [2.75, 3.05) is 17.2 Å². The summed E-state index contributed by atoms with van der Waals surface area (Å²) in [6, 6.07) is 12.4. The van der Waals surface area contributed by atoms with E-state index in [1.807, 2.05) is 31.2 Å². The van der Waals surface area contributed by atoms with E-state index >= 15 is 0 Å². The van der Waals surface area contributed by atoms with Crippen molar-refractivity contribution in [3.05, 3.63) is 81.1 Å². The Hall–Kier alpha value is -3.88. The van der Waals surface area contributed by atoms with E-state index in [0.717, 1.165) is 29.1 Å². The number of halogens is 3. The first-order chi connectivity index (χ1) is 14.8. The molecule has 0 radical (unpaired) electrons. The van der Waals surface area contributed by atoms with E-state index in [0.29, 0.717) is 12.2 Å². The fraction of sp³-hybridized carbons (Fsp3) is 0.136. The highest BCUT2D eigenvalue weighted by Gasteiger charge is 2.34. The van der Waals surface area contributed by atoms with E-state index < -0.39 is 17.3 Å². The van der Waals surface area contributed by atoms with Crippen molar-refractivity contribution in [2.24, 2.45) is 0 Å². The van der Waals surface area contributed by atoms with Gasteiger partial charge in [-0.1, -0.05) is 36.4 Å². The van der Waals surface area contributed by atoms with Gasteiger partial charge in [0.1, 0.15) is 17.2 Å². The molecule has 0 saturated carbocycles. The summed E-state index contributed by atoms with van der Waals surface area (Å²) in [5, 5.41) is 14.0. The minimum Gasteiger partial charge on any atom is -0.381 e. The number of hydrogen-bond donors (Lipinski definition) is 4. The van der Waals surface area contributed by atoms with Gasteiger partial charge in [-0.15, -0.1) is 0 Å². The number of nitrogens with one attached hydrogen (secondary N) is 4. The quantitative estimate of drug-likeness (QED) is 0.455. The van der Waals surface area contributed by atoms with Gasteiger partial charge >= 0.3 is 6.18 Å².